The van der Waals surface area contributed by atoms with Crippen LogP contribution in [0.5, 0.6) is 0 Å². The Labute approximate surface area is 239 Å². The first-order valence-corrected chi connectivity index (χ1v) is 16.1. The largest absolute Gasteiger partial charge is 0.462 e. The van der Waals surface area contributed by atoms with Gasteiger partial charge in [-0.1, -0.05) is 122 Å². The highest BCUT2D eigenvalue weighted by Gasteiger charge is 2.40. The van der Waals surface area contributed by atoms with Gasteiger partial charge in [0.2, 0.25) is 0 Å². The SMILES string of the molecule is CCCC(C)[C@](C)(CCC[C@@](C=O)(CC)C(C)CC)CCC(C)C(C)(C)[C@H](CCC)OC(=O)CC(C)(C)C. The van der Waals surface area contributed by atoms with Crippen LogP contribution in [0.25, 0.3) is 0 Å². The maximum absolute atomic E-state index is 12.8. The van der Waals surface area contributed by atoms with Crippen molar-refractivity contribution in [1.29, 1.82) is 0 Å². The molecule has 0 fully saturated rings. The molecule has 0 saturated heterocycles. The zero-order valence-electron chi connectivity index (χ0n) is 28.1. The summed E-state index contributed by atoms with van der Waals surface area (Å²) < 4.78 is 6.16. The van der Waals surface area contributed by atoms with E-state index in [0.717, 1.165) is 44.9 Å². The van der Waals surface area contributed by atoms with E-state index < -0.39 is 0 Å². The van der Waals surface area contributed by atoms with E-state index in [9.17, 15) is 9.59 Å². The molecule has 0 radical (unpaired) electrons. The molecular weight excluding hydrogens is 468 g/mol. The van der Waals surface area contributed by atoms with Gasteiger partial charge in [0, 0.05) is 10.8 Å². The molecule has 0 rings (SSSR count). The summed E-state index contributed by atoms with van der Waals surface area (Å²) >= 11 is 0. The van der Waals surface area contributed by atoms with Gasteiger partial charge in [-0.25, -0.2) is 0 Å². The predicted octanol–water partition coefficient (Wildman–Crippen LogP) is 10.8. The number of carbonyl (C=O) groups excluding carboxylic acids is 2. The van der Waals surface area contributed by atoms with Crippen LogP contribution in [-0.2, 0) is 14.3 Å². The summed E-state index contributed by atoms with van der Waals surface area (Å²) in [7, 11) is 0. The average molecular weight is 537 g/mol. The topological polar surface area (TPSA) is 43.4 Å². The first-order chi connectivity index (χ1) is 17.5. The molecule has 0 aromatic carbocycles. The monoisotopic (exact) mass is 537 g/mol. The molecule has 38 heavy (non-hydrogen) atoms. The maximum atomic E-state index is 12.8. The minimum Gasteiger partial charge on any atom is -0.462 e. The summed E-state index contributed by atoms with van der Waals surface area (Å²) in [5.41, 5.74) is -0.0660. The van der Waals surface area contributed by atoms with Gasteiger partial charge in [0.25, 0.3) is 0 Å². The van der Waals surface area contributed by atoms with Gasteiger partial charge < -0.3 is 9.53 Å². The molecule has 0 aliphatic heterocycles. The van der Waals surface area contributed by atoms with E-state index in [0.29, 0.717) is 24.2 Å². The van der Waals surface area contributed by atoms with E-state index >= 15 is 0 Å². The lowest BCUT2D eigenvalue weighted by atomic mass is 9.64. The minimum absolute atomic E-state index is 0.0510. The number of carbonyl (C=O) groups is 2. The third kappa shape index (κ3) is 11.3. The fourth-order valence-electron chi connectivity index (χ4n) is 6.37. The molecule has 0 aliphatic rings. The van der Waals surface area contributed by atoms with Crippen molar-refractivity contribution in [1.82, 2.24) is 0 Å². The van der Waals surface area contributed by atoms with Crippen molar-refractivity contribution in [3.8, 4) is 0 Å². The zero-order chi connectivity index (χ0) is 29.8. The molecule has 0 spiro atoms. The van der Waals surface area contributed by atoms with E-state index in [1.54, 1.807) is 0 Å². The number of aldehydes is 1. The molecule has 0 aromatic heterocycles. The van der Waals surface area contributed by atoms with Crippen LogP contribution < -0.4 is 0 Å². The summed E-state index contributed by atoms with van der Waals surface area (Å²) in [4.78, 5) is 25.0. The van der Waals surface area contributed by atoms with Crippen LogP contribution in [0, 0.1) is 39.4 Å². The third-order valence-corrected chi connectivity index (χ3v) is 10.5. The molecule has 0 heterocycles. The number of ether oxygens (including phenoxy) is 1. The van der Waals surface area contributed by atoms with Crippen LogP contribution in [0.4, 0.5) is 0 Å². The Bertz CT molecular complexity index is 675. The van der Waals surface area contributed by atoms with Gasteiger partial charge in [0.15, 0.2) is 0 Å². The number of hydrogen-bond donors (Lipinski definition) is 0. The quantitative estimate of drug-likeness (QED) is 0.115. The summed E-state index contributed by atoms with van der Waals surface area (Å²) in [6.45, 7) is 29.3. The van der Waals surface area contributed by atoms with E-state index in [1.165, 1.54) is 32.0 Å². The maximum Gasteiger partial charge on any atom is 0.306 e. The van der Waals surface area contributed by atoms with Crippen molar-refractivity contribution in [3.63, 3.8) is 0 Å². The van der Waals surface area contributed by atoms with Gasteiger partial charge in [-0.05, 0) is 67.1 Å². The summed E-state index contributed by atoms with van der Waals surface area (Å²) in [6, 6.07) is 0. The Hall–Kier alpha value is -0.860. The Kier molecular flexibility index (Phi) is 16.0. The van der Waals surface area contributed by atoms with Crippen molar-refractivity contribution in [2.24, 2.45) is 39.4 Å². The van der Waals surface area contributed by atoms with Crippen LogP contribution >= 0.6 is 0 Å². The Morgan fingerprint density at radius 3 is 1.79 bits per heavy atom. The second kappa shape index (κ2) is 16.4. The molecule has 0 aliphatic carbocycles. The van der Waals surface area contributed by atoms with Gasteiger partial charge in [-0.2, -0.15) is 0 Å². The fraction of sp³-hybridized carbons (Fsp3) is 0.943. The van der Waals surface area contributed by atoms with Gasteiger partial charge >= 0.3 is 5.97 Å². The molecule has 0 aromatic rings. The molecule has 0 saturated carbocycles. The van der Waals surface area contributed by atoms with Crippen LogP contribution in [0.2, 0.25) is 0 Å². The van der Waals surface area contributed by atoms with Gasteiger partial charge in [-0.15, -0.1) is 0 Å². The summed E-state index contributed by atoms with van der Waals surface area (Å²) in [6.07, 6.45) is 13.6. The van der Waals surface area contributed by atoms with E-state index in [-0.39, 0.29) is 33.7 Å². The van der Waals surface area contributed by atoms with Gasteiger partial charge in [0.1, 0.15) is 12.4 Å². The number of hydrogen-bond acceptors (Lipinski definition) is 3. The number of rotatable bonds is 20. The fourth-order valence-corrected chi connectivity index (χ4v) is 6.37. The van der Waals surface area contributed by atoms with Crippen LogP contribution in [0.15, 0.2) is 0 Å². The zero-order valence-corrected chi connectivity index (χ0v) is 28.1. The normalized spacial score (nSPS) is 19.1. The lowest BCUT2D eigenvalue weighted by Crippen LogP contribution is -2.40. The Morgan fingerprint density at radius 1 is 0.763 bits per heavy atom. The highest BCUT2D eigenvalue weighted by Crippen LogP contribution is 2.46. The molecule has 3 unspecified atom stereocenters. The lowest BCUT2D eigenvalue weighted by Gasteiger charge is -2.43. The van der Waals surface area contributed by atoms with Crippen molar-refractivity contribution in [2.75, 3.05) is 0 Å². The second-order valence-corrected chi connectivity index (χ2v) is 15.0. The highest BCUT2D eigenvalue weighted by molar-refractivity contribution is 5.70. The minimum atomic E-state index is -0.177. The molecule has 3 nitrogen and oxygen atoms in total. The summed E-state index contributed by atoms with van der Waals surface area (Å²) in [5, 5.41) is 0. The van der Waals surface area contributed by atoms with Crippen molar-refractivity contribution in [3.05, 3.63) is 0 Å². The van der Waals surface area contributed by atoms with E-state index in [1.807, 2.05) is 0 Å². The molecule has 226 valence electrons. The third-order valence-electron chi connectivity index (χ3n) is 10.5. The average Bonchev–Trinajstić information content (AvgIpc) is 2.83. The standard InChI is InChI=1S/C35H68O3/c1-14-19-29(7)34(13,22-18-23-35(17-4,26-36)27(5)16-3)24-21-28(6)33(11,12)30(20-15-2)38-31(37)25-32(8,9)10/h26-30H,14-25H2,1-13H3/t27?,28?,29?,30-,34+,35+/m0/s1. The second-order valence-electron chi connectivity index (χ2n) is 15.0. The van der Waals surface area contributed by atoms with E-state index in [2.05, 4.69) is 90.0 Å². The van der Waals surface area contributed by atoms with Crippen LogP contribution in [0.1, 0.15) is 167 Å². The molecule has 0 N–H and O–H groups in total. The number of esters is 1. The van der Waals surface area contributed by atoms with Gasteiger partial charge in [-0.3, -0.25) is 4.79 Å². The van der Waals surface area contributed by atoms with Crippen molar-refractivity contribution in [2.45, 2.75) is 173 Å². The lowest BCUT2D eigenvalue weighted by molar-refractivity contribution is -0.160. The van der Waals surface area contributed by atoms with E-state index in [4.69, 9.17) is 4.74 Å². The Morgan fingerprint density at radius 2 is 1.34 bits per heavy atom. The molecule has 0 amide bonds. The van der Waals surface area contributed by atoms with Crippen molar-refractivity contribution >= 4 is 12.3 Å². The molecule has 6 atom stereocenters. The van der Waals surface area contributed by atoms with Crippen LogP contribution in [-0.4, -0.2) is 18.4 Å². The van der Waals surface area contributed by atoms with Crippen LogP contribution in [0.3, 0.4) is 0 Å². The highest BCUT2D eigenvalue weighted by atomic mass is 16.5. The molecule has 0 bridgehead atoms. The molecule has 3 heteroatoms. The Balaban J connectivity index is 5.60. The van der Waals surface area contributed by atoms with Crippen molar-refractivity contribution < 1.29 is 14.3 Å². The first-order valence-electron chi connectivity index (χ1n) is 16.1. The van der Waals surface area contributed by atoms with Gasteiger partial charge in [0.05, 0.1) is 6.42 Å². The summed E-state index contributed by atoms with van der Waals surface area (Å²) in [5.74, 6) is 1.46. The first kappa shape index (κ1) is 37.1. The molecular formula is C35H68O3. The smallest absolute Gasteiger partial charge is 0.306 e. The predicted molar refractivity (Wildman–Crippen MR) is 165 cm³/mol.